The van der Waals surface area contributed by atoms with Crippen molar-refractivity contribution in [2.24, 2.45) is 5.92 Å². The molecule has 0 aliphatic carbocycles. The van der Waals surface area contributed by atoms with E-state index in [4.69, 9.17) is 4.74 Å². The van der Waals surface area contributed by atoms with Gasteiger partial charge in [-0.05, 0) is 32.2 Å². The quantitative estimate of drug-likeness (QED) is 0.669. The molecular formula is C17H32N4O4S. The first kappa shape index (κ1) is 20.0. The van der Waals surface area contributed by atoms with E-state index in [2.05, 4.69) is 4.90 Å². The van der Waals surface area contributed by atoms with Crippen molar-refractivity contribution in [2.75, 3.05) is 66.6 Å². The third-order valence-electron chi connectivity index (χ3n) is 5.85. The minimum atomic E-state index is -3.32. The molecule has 3 heterocycles. The maximum absolute atomic E-state index is 12.8. The van der Waals surface area contributed by atoms with Gasteiger partial charge in [0.15, 0.2) is 0 Å². The lowest BCUT2D eigenvalue weighted by molar-refractivity contribution is -0.141. The van der Waals surface area contributed by atoms with Crippen LogP contribution in [0.2, 0.25) is 0 Å². The average Bonchev–Trinajstić information content (AvgIpc) is 2.68. The number of nitrogens with zero attached hydrogens (tertiary/aromatic N) is 4. The number of carbonyl (C=O) groups is 1. The van der Waals surface area contributed by atoms with E-state index in [1.807, 2.05) is 4.90 Å². The second-order valence-electron chi connectivity index (χ2n) is 7.69. The van der Waals surface area contributed by atoms with E-state index in [1.165, 1.54) is 4.31 Å². The van der Waals surface area contributed by atoms with Gasteiger partial charge in [0.2, 0.25) is 5.91 Å². The first-order valence-corrected chi connectivity index (χ1v) is 11.1. The van der Waals surface area contributed by atoms with Gasteiger partial charge < -0.3 is 9.64 Å². The number of rotatable bonds is 4. The molecule has 3 aliphatic rings. The van der Waals surface area contributed by atoms with Gasteiger partial charge >= 0.3 is 0 Å². The van der Waals surface area contributed by atoms with Gasteiger partial charge in [-0.15, -0.1) is 0 Å². The molecule has 9 heteroatoms. The molecule has 3 saturated heterocycles. The summed E-state index contributed by atoms with van der Waals surface area (Å²) in [5.74, 6) is 0.344. The molecule has 26 heavy (non-hydrogen) atoms. The number of hydrogen-bond acceptors (Lipinski definition) is 5. The monoisotopic (exact) mass is 388 g/mol. The third-order valence-corrected chi connectivity index (χ3v) is 7.79. The van der Waals surface area contributed by atoms with Crippen molar-refractivity contribution in [1.82, 2.24) is 18.4 Å². The molecule has 1 atom stereocenters. The number of amides is 1. The Kier molecular flexibility index (Phi) is 6.55. The van der Waals surface area contributed by atoms with Crippen LogP contribution in [0.15, 0.2) is 0 Å². The molecule has 1 unspecified atom stereocenters. The van der Waals surface area contributed by atoms with Crippen LogP contribution in [-0.2, 0) is 19.7 Å². The molecule has 0 radical (unpaired) electrons. The van der Waals surface area contributed by atoms with Crippen LogP contribution in [0.1, 0.15) is 25.7 Å². The first-order chi connectivity index (χ1) is 12.4. The van der Waals surface area contributed by atoms with Gasteiger partial charge in [-0.3, -0.25) is 9.69 Å². The van der Waals surface area contributed by atoms with E-state index < -0.39 is 10.2 Å². The molecule has 1 amide bonds. The fourth-order valence-electron chi connectivity index (χ4n) is 4.25. The highest BCUT2D eigenvalue weighted by atomic mass is 32.2. The number of piperidine rings is 2. The Morgan fingerprint density at radius 1 is 1.00 bits per heavy atom. The van der Waals surface area contributed by atoms with Gasteiger partial charge in [0.05, 0.1) is 19.1 Å². The SMILES string of the molecule is CN(C)S(=O)(=O)N1CCC(N2CCCC(C(=O)N3CCOCC3)C2)CC1. The van der Waals surface area contributed by atoms with E-state index in [0.29, 0.717) is 45.4 Å². The zero-order valence-electron chi connectivity index (χ0n) is 16.0. The summed E-state index contributed by atoms with van der Waals surface area (Å²) in [5.41, 5.74) is 0. The highest BCUT2D eigenvalue weighted by molar-refractivity contribution is 7.86. The minimum absolute atomic E-state index is 0.0744. The first-order valence-electron chi connectivity index (χ1n) is 9.68. The summed E-state index contributed by atoms with van der Waals surface area (Å²) in [5, 5.41) is 0. The Labute approximate surface area is 157 Å². The van der Waals surface area contributed by atoms with Crippen LogP contribution in [0.4, 0.5) is 0 Å². The van der Waals surface area contributed by atoms with Crippen molar-refractivity contribution in [2.45, 2.75) is 31.7 Å². The lowest BCUT2D eigenvalue weighted by Gasteiger charge is -2.43. The molecule has 3 rings (SSSR count). The predicted molar refractivity (Wildman–Crippen MR) is 98.9 cm³/mol. The van der Waals surface area contributed by atoms with Crippen LogP contribution in [0, 0.1) is 5.92 Å². The van der Waals surface area contributed by atoms with Gasteiger partial charge in [-0.25, -0.2) is 0 Å². The molecule has 3 fully saturated rings. The fourth-order valence-corrected chi connectivity index (χ4v) is 5.38. The van der Waals surface area contributed by atoms with E-state index >= 15 is 0 Å². The van der Waals surface area contributed by atoms with Crippen LogP contribution in [-0.4, -0.2) is 105 Å². The summed E-state index contributed by atoms with van der Waals surface area (Å²) >= 11 is 0. The summed E-state index contributed by atoms with van der Waals surface area (Å²) in [6, 6.07) is 0.379. The Bertz CT molecular complexity index is 584. The van der Waals surface area contributed by atoms with E-state index in [-0.39, 0.29) is 11.8 Å². The molecule has 150 valence electrons. The second kappa shape index (κ2) is 8.52. The Morgan fingerprint density at radius 2 is 1.65 bits per heavy atom. The zero-order valence-corrected chi connectivity index (χ0v) is 16.8. The number of carbonyl (C=O) groups excluding carboxylic acids is 1. The molecule has 3 aliphatic heterocycles. The minimum Gasteiger partial charge on any atom is -0.378 e. The summed E-state index contributed by atoms with van der Waals surface area (Å²) in [4.78, 5) is 17.2. The summed E-state index contributed by atoms with van der Waals surface area (Å²) in [7, 11) is -0.163. The topological polar surface area (TPSA) is 73.4 Å². The van der Waals surface area contributed by atoms with Crippen molar-refractivity contribution in [3.63, 3.8) is 0 Å². The lowest BCUT2D eigenvalue weighted by Crippen LogP contribution is -2.53. The van der Waals surface area contributed by atoms with Gasteiger partial charge in [-0.1, -0.05) is 0 Å². The Morgan fingerprint density at radius 3 is 2.27 bits per heavy atom. The molecule has 0 N–H and O–H groups in total. The van der Waals surface area contributed by atoms with Crippen LogP contribution >= 0.6 is 0 Å². The van der Waals surface area contributed by atoms with E-state index in [0.717, 1.165) is 38.8 Å². The van der Waals surface area contributed by atoms with E-state index in [1.54, 1.807) is 18.4 Å². The molecule has 0 spiro atoms. The molecule has 0 aromatic carbocycles. The van der Waals surface area contributed by atoms with Gasteiger partial charge in [0, 0.05) is 52.9 Å². The normalized spacial score (nSPS) is 27.8. The number of morpholine rings is 1. The summed E-state index contributed by atoms with van der Waals surface area (Å²) in [6.07, 6.45) is 3.68. The van der Waals surface area contributed by atoms with Crippen LogP contribution in [0.3, 0.4) is 0 Å². The van der Waals surface area contributed by atoms with Crippen molar-refractivity contribution in [3.8, 4) is 0 Å². The van der Waals surface area contributed by atoms with Crippen molar-refractivity contribution < 1.29 is 17.9 Å². The maximum Gasteiger partial charge on any atom is 0.281 e. The second-order valence-corrected chi connectivity index (χ2v) is 9.83. The smallest absolute Gasteiger partial charge is 0.281 e. The number of hydrogen-bond donors (Lipinski definition) is 0. The van der Waals surface area contributed by atoms with Crippen molar-refractivity contribution in [3.05, 3.63) is 0 Å². The molecule has 0 aromatic rings. The standard InChI is InChI=1S/C17H32N4O4S/c1-18(2)26(23,24)21-8-5-16(6-9-21)20-7-3-4-15(14-20)17(22)19-10-12-25-13-11-19/h15-16H,3-14H2,1-2H3. The van der Waals surface area contributed by atoms with E-state index in [9.17, 15) is 13.2 Å². The fraction of sp³-hybridized carbons (Fsp3) is 0.941. The lowest BCUT2D eigenvalue weighted by atomic mass is 9.93. The van der Waals surface area contributed by atoms with Gasteiger partial charge in [0.25, 0.3) is 10.2 Å². The predicted octanol–water partition coefficient (Wildman–Crippen LogP) is -0.172. The molecular weight excluding hydrogens is 356 g/mol. The van der Waals surface area contributed by atoms with Gasteiger partial charge in [-0.2, -0.15) is 17.0 Å². The largest absolute Gasteiger partial charge is 0.378 e. The maximum atomic E-state index is 12.8. The Balaban J connectivity index is 1.53. The highest BCUT2D eigenvalue weighted by Gasteiger charge is 2.36. The highest BCUT2D eigenvalue weighted by Crippen LogP contribution is 2.26. The molecule has 8 nitrogen and oxygen atoms in total. The molecule has 0 saturated carbocycles. The summed E-state index contributed by atoms with van der Waals surface area (Å²) in [6.45, 7) is 5.63. The summed E-state index contributed by atoms with van der Waals surface area (Å²) < 4.78 is 32.7. The van der Waals surface area contributed by atoms with Crippen molar-refractivity contribution in [1.29, 1.82) is 0 Å². The number of likely N-dealkylation sites (tertiary alicyclic amines) is 1. The zero-order chi connectivity index (χ0) is 18.7. The third kappa shape index (κ3) is 4.39. The van der Waals surface area contributed by atoms with Crippen LogP contribution < -0.4 is 0 Å². The Hall–Kier alpha value is -0.740. The number of ether oxygens (including phenoxy) is 1. The molecule has 0 aromatic heterocycles. The average molecular weight is 389 g/mol. The van der Waals surface area contributed by atoms with Crippen molar-refractivity contribution >= 4 is 16.1 Å². The van der Waals surface area contributed by atoms with Crippen LogP contribution in [0.5, 0.6) is 0 Å². The van der Waals surface area contributed by atoms with Crippen LogP contribution in [0.25, 0.3) is 0 Å². The molecule has 0 bridgehead atoms. The van der Waals surface area contributed by atoms with Gasteiger partial charge in [0.1, 0.15) is 0 Å².